The number of halogens is 1. The molecule has 0 saturated heterocycles. The number of hydrogen-bond donors (Lipinski definition) is 2. The Bertz CT molecular complexity index is 1150. The molecule has 144 valence electrons. The van der Waals surface area contributed by atoms with Crippen molar-refractivity contribution < 1.29 is 18.1 Å². The molecule has 0 saturated carbocycles. The molecule has 0 bridgehead atoms. The van der Waals surface area contributed by atoms with Crippen LogP contribution < -0.4 is 10.0 Å². The third kappa shape index (κ3) is 4.63. The predicted octanol–water partition coefficient (Wildman–Crippen LogP) is 3.76. The number of anilines is 2. The Hall–Kier alpha value is -3.02. The molecule has 0 spiro atoms. The van der Waals surface area contributed by atoms with E-state index in [0.717, 1.165) is 6.20 Å². The summed E-state index contributed by atoms with van der Waals surface area (Å²) in [4.78, 5) is 26.1. The van der Waals surface area contributed by atoms with Crippen molar-refractivity contribution in [3.8, 4) is 0 Å². The molecule has 12 heteroatoms. The maximum Gasteiger partial charge on any atom is 0.345 e. The van der Waals surface area contributed by atoms with Gasteiger partial charge in [0, 0.05) is 16.3 Å². The normalized spacial score (nSPS) is 11.0. The second-order valence-electron chi connectivity index (χ2n) is 5.36. The molecule has 28 heavy (non-hydrogen) atoms. The lowest BCUT2D eigenvalue weighted by Gasteiger charge is -2.09. The monoisotopic (exact) mass is 438 g/mol. The van der Waals surface area contributed by atoms with Crippen molar-refractivity contribution in [3.63, 3.8) is 0 Å². The molecule has 1 aromatic heterocycles. The van der Waals surface area contributed by atoms with Crippen LogP contribution in [0.3, 0.4) is 0 Å². The Kier molecular flexibility index (Phi) is 5.58. The number of nitrogens with one attached hydrogen (secondary N) is 2. The number of nitrogens with zero attached hydrogens (tertiary/aromatic N) is 2. The first kappa shape index (κ1) is 19.7. The summed E-state index contributed by atoms with van der Waals surface area (Å²) in [7, 11) is -3.86. The number of nitro groups is 1. The zero-order valence-electron chi connectivity index (χ0n) is 13.8. The molecule has 2 aromatic carbocycles. The smallest absolute Gasteiger partial charge is 0.298 e. The lowest BCUT2D eigenvalue weighted by Crippen LogP contribution is -2.15. The highest BCUT2D eigenvalue weighted by Crippen LogP contribution is 2.26. The van der Waals surface area contributed by atoms with E-state index in [1.165, 1.54) is 48.5 Å². The van der Waals surface area contributed by atoms with Crippen LogP contribution in [0.1, 0.15) is 10.4 Å². The lowest BCUT2D eigenvalue weighted by molar-refractivity contribution is -0.380. The largest absolute Gasteiger partial charge is 0.345 e. The van der Waals surface area contributed by atoms with E-state index in [2.05, 4.69) is 15.0 Å². The highest BCUT2D eigenvalue weighted by molar-refractivity contribution is 7.92. The zero-order valence-corrected chi connectivity index (χ0v) is 16.2. The van der Waals surface area contributed by atoms with E-state index in [4.69, 9.17) is 11.6 Å². The van der Waals surface area contributed by atoms with Crippen molar-refractivity contribution in [1.82, 2.24) is 4.98 Å². The van der Waals surface area contributed by atoms with Crippen LogP contribution in [0, 0.1) is 10.1 Å². The van der Waals surface area contributed by atoms with E-state index in [-0.39, 0.29) is 26.3 Å². The van der Waals surface area contributed by atoms with Gasteiger partial charge in [-0.15, -0.1) is 0 Å². The van der Waals surface area contributed by atoms with Crippen LogP contribution >= 0.6 is 22.9 Å². The summed E-state index contributed by atoms with van der Waals surface area (Å²) in [6.45, 7) is 0. The first-order valence-corrected chi connectivity index (χ1v) is 10.2. The fourth-order valence-electron chi connectivity index (χ4n) is 2.13. The number of thiazole rings is 1. The van der Waals surface area contributed by atoms with Gasteiger partial charge in [-0.2, -0.15) is 0 Å². The minimum absolute atomic E-state index is 0.0156. The molecule has 1 amide bonds. The summed E-state index contributed by atoms with van der Waals surface area (Å²) >= 11 is 6.47. The van der Waals surface area contributed by atoms with E-state index < -0.39 is 20.9 Å². The van der Waals surface area contributed by atoms with Gasteiger partial charge < -0.3 is 0 Å². The van der Waals surface area contributed by atoms with E-state index in [9.17, 15) is 23.3 Å². The van der Waals surface area contributed by atoms with E-state index in [1.54, 1.807) is 0 Å². The molecular formula is C16H11ClN4O5S2. The Balaban J connectivity index is 1.76. The van der Waals surface area contributed by atoms with Gasteiger partial charge in [0.05, 0.1) is 9.82 Å². The van der Waals surface area contributed by atoms with Gasteiger partial charge in [0.15, 0.2) is 5.13 Å². The molecule has 1 heterocycles. The van der Waals surface area contributed by atoms with Gasteiger partial charge in [0.1, 0.15) is 6.20 Å². The van der Waals surface area contributed by atoms with E-state index in [0.29, 0.717) is 16.4 Å². The zero-order chi connectivity index (χ0) is 20.3. The second kappa shape index (κ2) is 7.92. The first-order valence-electron chi connectivity index (χ1n) is 7.54. The van der Waals surface area contributed by atoms with E-state index in [1.807, 2.05) is 0 Å². The van der Waals surface area contributed by atoms with Crippen LogP contribution in [-0.4, -0.2) is 24.2 Å². The summed E-state index contributed by atoms with van der Waals surface area (Å²) in [6.07, 6.45) is 1.04. The number of carbonyl (C=O) groups is 1. The fourth-order valence-corrected chi connectivity index (χ4v) is 3.93. The minimum Gasteiger partial charge on any atom is -0.298 e. The predicted molar refractivity (Wildman–Crippen MR) is 105 cm³/mol. The molecule has 0 radical (unpaired) electrons. The first-order chi connectivity index (χ1) is 13.2. The van der Waals surface area contributed by atoms with Crippen LogP contribution in [0.4, 0.5) is 15.8 Å². The lowest BCUT2D eigenvalue weighted by atomic mass is 10.2. The van der Waals surface area contributed by atoms with Gasteiger partial charge in [0.25, 0.3) is 15.9 Å². The van der Waals surface area contributed by atoms with Gasteiger partial charge in [-0.1, -0.05) is 17.7 Å². The third-order valence-electron chi connectivity index (χ3n) is 3.39. The Morgan fingerprint density at radius 1 is 1.18 bits per heavy atom. The van der Waals surface area contributed by atoms with Gasteiger partial charge in [-0.05, 0) is 53.8 Å². The van der Waals surface area contributed by atoms with Crippen molar-refractivity contribution in [2.45, 2.75) is 4.90 Å². The van der Waals surface area contributed by atoms with Crippen molar-refractivity contribution in [3.05, 3.63) is 75.4 Å². The summed E-state index contributed by atoms with van der Waals surface area (Å²) in [5, 5.41) is 13.4. The quantitative estimate of drug-likeness (QED) is 0.445. The van der Waals surface area contributed by atoms with Gasteiger partial charge in [0.2, 0.25) is 0 Å². The molecule has 0 atom stereocenters. The average Bonchev–Trinajstić information content (AvgIpc) is 3.11. The molecule has 2 N–H and O–H groups in total. The Morgan fingerprint density at radius 2 is 1.89 bits per heavy atom. The molecule has 0 aliphatic carbocycles. The molecule has 0 fully saturated rings. The minimum atomic E-state index is -3.86. The topological polar surface area (TPSA) is 131 Å². The third-order valence-corrected chi connectivity index (χ3v) is 5.91. The molecule has 0 unspecified atom stereocenters. The highest BCUT2D eigenvalue weighted by atomic mass is 35.5. The fraction of sp³-hybridized carbons (Fsp3) is 0. The van der Waals surface area contributed by atoms with Crippen molar-refractivity contribution in [2.24, 2.45) is 0 Å². The Morgan fingerprint density at radius 3 is 2.54 bits per heavy atom. The molecule has 9 nitrogen and oxygen atoms in total. The number of amides is 1. The summed E-state index contributed by atoms with van der Waals surface area (Å²) in [6, 6.07) is 11.4. The number of aromatic nitrogens is 1. The van der Waals surface area contributed by atoms with Crippen LogP contribution in [0.2, 0.25) is 5.02 Å². The Labute approximate surface area is 168 Å². The number of rotatable bonds is 6. The number of sulfonamides is 1. The highest BCUT2D eigenvalue weighted by Gasteiger charge is 2.17. The molecule has 0 aliphatic heterocycles. The summed E-state index contributed by atoms with van der Waals surface area (Å²) < 4.78 is 27.2. The number of carbonyl (C=O) groups excluding carboxylic acids is 1. The molecule has 0 aliphatic rings. The van der Waals surface area contributed by atoms with Crippen molar-refractivity contribution in [1.29, 1.82) is 0 Å². The van der Waals surface area contributed by atoms with Gasteiger partial charge >= 0.3 is 5.00 Å². The second-order valence-corrected chi connectivity index (χ2v) is 8.48. The van der Waals surface area contributed by atoms with Crippen molar-refractivity contribution in [2.75, 3.05) is 10.0 Å². The van der Waals surface area contributed by atoms with Gasteiger partial charge in [-0.25, -0.2) is 13.4 Å². The number of benzene rings is 2. The van der Waals surface area contributed by atoms with E-state index >= 15 is 0 Å². The molecular weight excluding hydrogens is 428 g/mol. The van der Waals surface area contributed by atoms with Crippen LogP contribution in [0.25, 0.3) is 0 Å². The molecule has 3 aromatic rings. The summed E-state index contributed by atoms with van der Waals surface area (Å²) in [5.41, 5.74) is 0.321. The SMILES string of the molecule is O=C(Nc1ncc([N+](=O)[O-])s1)c1cccc(NS(=O)(=O)c2ccc(Cl)cc2)c1. The van der Waals surface area contributed by atoms with Gasteiger partial charge in [-0.3, -0.25) is 24.9 Å². The standard InChI is InChI=1S/C16H11ClN4O5S2/c17-11-4-6-13(7-5-11)28(25,26)20-12-3-1-2-10(8-12)15(22)19-16-18-9-14(27-16)21(23)24/h1-9,20H,(H,18,19,22). The maximum absolute atomic E-state index is 12.4. The van der Waals surface area contributed by atoms with Crippen molar-refractivity contribution >= 4 is 54.7 Å². The molecule has 3 rings (SSSR count). The average molecular weight is 439 g/mol. The maximum atomic E-state index is 12.4. The summed E-state index contributed by atoms with van der Waals surface area (Å²) in [5.74, 6) is -0.586. The van der Waals surface area contributed by atoms with Crippen LogP contribution in [-0.2, 0) is 10.0 Å². The van der Waals surface area contributed by atoms with Crippen LogP contribution in [0.15, 0.2) is 59.6 Å². The number of hydrogen-bond acceptors (Lipinski definition) is 7. The van der Waals surface area contributed by atoms with Crippen LogP contribution in [0.5, 0.6) is 0 Å².